The smallest absolute Gasteiger partial charge is 0.224 e. The molecule has 1 aromatic heterocycles. The van der Waals surface area contributed by atoms with Crippen molar-refractivity contribution in [3.8, 4) is 0 Å². The highest BCUT2D eigenvalue weighted by atomic mass is 16.5. The van der Waals surface area contributed by atoms with Crippen LogP contribution in [0.25, 0.3) is 0 Å². The van der Waals surface area contributed by atoms with E-state index in [1.54, 1.807) is 6.20 Å². The number of hydrogen-bond donors (Lipinski definition) is 1. The van der Waals surface area contributed by atoms with Crippen molar-refractivity contribution in [2.75, 3.05) is 38.2 Å². The summed E-state index contributed by atoms with van der Waals surface area (Å²) in [5.74, 6) is 0.871. The van der Waals surface area contributed by atoms with E-state index in [1.165, 1.54) is 0 Å². The fourth-order valence-corrected chi connectivity index (χ4v) is 1.82. The Morgan fingerprint density at radius 3 is 3.00 bits per heavy atom. The number of morpholine rings is 1. The van der Waals surface area contributed by atoms with Crippen LogP contribution >= 0.6 is 0 Å². The molecule has 0 unspecified atom stereocenters. The molecule has 98 valence electrons. The molecule has 2 rings (SSSR count). The van der Waals surface area contributed by atoms with Crippen molar-refractivity contribution in [2.45, 2.75) is 13.3 Å². The van der Waals surface area contributed by atoms with Gasteiger partial charge in [0.15, 0.2) is 0 Å². The average Bonchev–Trinajstić information content (AvgIpc) is 2.40. The lowest BCUT2D eigenvalue weighted by Gasteiger charge is -2.26. The van der Waals surface area contributed by atoms with Gasteiger partial charge in [0.1, 0.15) is 5.82 Å². The molecule has 0 saturated carbocycles. The Balaban J connectivity index is 1.73. The van der Waals surface area contributed by atoms with Crippen LogP contribution in [-0.2, 0) is 9.53 Å². The van der Waals surface area contributed by atoms with Crippen molar-refractivity contribution >= 4 is 11.7 Å². The number of rotatable bonds is 4. The van der Waals surface area contributed by atoms with Gasteiger partial charge in [-0.25, -0.2) is 0 Å². The second kappa shape index (κ2) is 6.30. The summed E-state index contributed by atoms with van der Waals surface area (Å²) in [4.78, 5) is 13.7. The van der Waals surface area contributed by atoms with Gasteiger partial charge in [-0.05, 0) is 18.6 Å². The number of ether oxygens (including phenoxy) is 1. The van der Waals surface area contributed by atoms with Crippen molar-refractivity contribution in [3.05, 3.63) is 17.8 Å². The van der Waals surface area contributed by atoms with Gasteiger partial charge in [0.2, 0.25) is 5.91 Å². The van der Waals surface area contributed by atoms with E-state index in [2.05, 4.69) is 15.5 Å². The highest BCUT2D eigenvalue weighted by molar-refractivity contribution is 5.76. The predicted molar refractivity (Wildman–Crippen MR) is 67.3 cm³/mol. The second-order valence-electron chi connectivity index (χ2n) is 4.29. The SMILES string of the molecule is Cc1cnnc(NCCC(=O)N2CCOCC2)c1. The number of amides is 1. The van der Waals surface area contributed by atoms with E-state index in [4.69, 9.17) is 4.74 Å². The van der Waals surface area contributed by atoms with Crippen molar-refractivity contribution in [2.24, 2.45) is 0 Å². The lowest BCUT2D eigenvalue weighted by atomic mass is 10.3. The minimum absolute atomic E-state index is 0.159. The van der Waals surface area contributed by atoms with Crippen LogP contribution in [0.3, 0.4) is 0 Å². The molecule has 1 saturated heterocycles. The summed E-state index contributed by atoms with van der Waals surface area (Å²) < 4.78 is 5.21. The minimum Gasteiger partial charge on any atom is -0.378 e. The zero-order chi connectivity index (χ0) is 12.8. The number of aromatic nitrogens is 2. The quantitative estimate of drug-likeness (QED) is 0.840. The van der Waals surface area contributed by atoms with Crippen LogP contribution in [0.1, 0.15) is 12.0 Å². The van der Waals surface area contributed by atoms with Crippen molar-refractivity contribution in [1.29, 1.82) is 0 Å². The minimum atomic E-state index is 0.159. The molecule has 1 N–H and O–H groups in total. The maximum absolute atomic E-state index is 11.8. The number of hydrogen-bond acceptors (Lipinski definition) is 5. The molecule has 1 aliphatic rings. The second-order valence-corrected chi connectivity index (χ2v) is 4.29. The molecule has 1 amide bonds. The third-order valence-electron chi connectivity index (χ3n) is 2.80. The van der Waals surface area contributed by atoms with Gasteiger partial charge in [-0.2, -0.15) is 5.10 Å². The lowest BCUT2D eigenvalue weighted by Crippen LogP contribution is -2.41. The summed E-state index contributed by atoms with van der Waals surface area (Å²) in [6.07, 6.45) is 2.17. The van der Waals surface area contributed by atoms with Gasteiger partial charge in [-0.1, -0.05) is 0 Å². The Kier molecular flexibility index (Phi) is 4.46. The van der Waals surface area contributed by atoms with Gasteiger partial charge < -0.3 is 15.0 Å². The van der Waals surface area contributed by atoms with E-state index >= 15 is 0 Å². The lowest BCUT2D eigenvalue weighted by molar-refractivity contribution is -0.134. The van der Waals surface area contributed by atoms with E-state index in [1.807, 2.05) is 17.9 Å². The van der Waals surface area contributed by atoms with Gasteiger partial charge >= 0.3 is 0 Å². The standard InChI is InChI=1S/C12H18N4O2/c1-10-8-11(15-14-9-10)13-3-2-12(17)16-4-6-18-7-5-16/h8-9H,2-7H2,1H3,(H,13,15). The summed E-state index contributed by atoms with van der Waals surface area (Å²) in [5, 5.41) is 10.9. The van der Waals surface area contributed by atoms with Crippen LogP contribution in [0.4, 0.5) is 5.82 Å². The third kappa shape index (κ3) is 3.66. The molecule has 6 heteroatoms. The molecule has 1 fully saturated rings. The molecular formula is C12H18N4O2. The van der Waals surface area contributed by atoms with Crippen LogP contribution in [0.5, 0.6) is 0 Å². The highest BCUT2D eigenvalue weighted by Gasteiger charge is 2.15. The molecule has 0 aliphatic carbocycles. The van der Waals surface area contributed by atoms with Crippen LogP contribution in [0.15, 0.2) is 12.3 Å². The number of carbonyl (C=O) groups is 1. The van der Waals surface area contributed by atoms with Crippen LogP contribution in [0.2, 0.25) is 0 Å². The number of nitrogens with zero attached hydrogens (tertiary/aromatic N) is 3. The van der Waals surface area contributed by atoms with Crippen LogP contribution in [0, 0.1) is 6.92 Å². The van der Waals surface area contributed by atoms with Crippen LogP contribution < -0.4 is 5.32 Å². The third-order valence-corrected chi connectivity index (χ3v) is 2.80. The molecule has 1 aliphatic heterocycles. The Bertz CT molecular complexity index is 405. The van der Waals surface area contributed by atoms with Gasteiger partial charge in [0.25, 0.3) is 0 Å². The van der Waals surface area contributed by atoms with Gasteiger partial charge in [-0.3, -0.25) is 4.79 Å². The molecule has 0 radical (unpaired) electrons. The first-order valence-corrected chi connectivity index (χ1v) is 6.14. The summed E-state index contributed by atoms with van der Waals surface area (Å²) in [6.45, 7) is 5.21. The zero-order valence-electron chi connectivity index (χ0n) is 10.6. The molecular weight excluding hydrogens is 232 g/mol. The van der Waals surface area contributed by atoms with E-state index in [-0.39, 0.29) is 5.91 Å². The van der Waals surface area contributed by atoms with Crippen molar-refractivity contribution in [3.63, 3.8) is 0 Å². The zero-order valence-corrected chi connectivity index (χ0v) is 10.6. The Morgan fingerprint density at radius 1 is 1.50 bits per heavy atom. The number of carbonyl (C=O) groups excluding carboxylic acids is 1. The van der Waals surface area contributed by atoms with E-state index < -0.39 is 0 Å². The van der Waals surface area contributed by atoms with E-state index in [9.17, 15) is 4.79 Å². The average molecular weight is 250 g/mol. The first-order chi connectivity index (χ1) is 8.75. The van der Waals surface area contributed by atoms with Gasteiger partial charge in [0, 0.05) is 26.1 Å². The fourth-order valence-electron chi connectivity index (χ4n) is 1.82. The van der Waals surface area contributed by atoms with Crippen molar-refractivity contribution in [1.82, 2.24) is 15.1 Å². The first-order valence-electron chi connectivity index (χ1n) is 6.14. The summed E-state index contributed by atoms with van der Waals surface area (Å²) in [7, 11) is 0. The molecule has 0 spiro atoms. The van der Waals surface area contributed by atoms with Gasteiger partial charge in [-0.15, -0.1) is 5.10 Å². The largest absolute Gasteiger partial charge is 0.378 e. The summed E-state index contributed by atoms with van der Waals surface area (Å²) >= 11 is 0. The van der Waals surface area contributed by atoms with Crippen molar-refractivity contribution < 1.29 is 9.53 Å². The Hall–Kier alpha value is -1.69. The van der Waals surface area contributed by atoms with Gasteiger partial charge in [0.05, 0.1) is 19.4 Å². The number of anilines is 1. The first kappa shape index (κ1) is 12.8. The normalized spacial score (nSPS) is 15.5. The summed E-state index contributed by atoms with van der Waals surface area (Å²) in [6, 6.07) is 1.91. The summed E-state index contributed by atoms with van der Waals surface area (Å²) in [5.41, 5.74) is 1.05. The molecule has 0 atom stereocenters. The Morgan fingerprint density at radius 2 is 2.28 bits per heavy atom. The topological polar surface area (TPSA) is 67.4 Å². The highest BCUT2D eigenvalue weighted by Crippen LogP contribution is 2.04. The van der Waals surface area contributed by atoms with E-state index in [0.717, 1.165) is 5.56 Å². The maximum atomic E-state index is 11.8. The number of nitrogens with one attached hydrogen (secondary N) is 1. The monoisotopic (exact) mass is 250 g/mol. The molecule has 2 heterocycles. The maximum Gasteiger partial charge on any atom is 0.224 e. The number of aryl methyl sites for hydroxylation is 1. The Labute approximate surface area is 106 Å². The molecule has 1 aromatic rings. The van der Waals surface area contributed by atoms with E-state index in [0.29, 0.717) is 45.1 Å². The molecule has 0 aromatic carbocycles. The molecule has 0 bridgehead atoms. The van der Waals surface area contributed by atoms with Crippen LogP contribution in [-0.4, -0.2) is 53.9 Å². The molecule has 18 heavy (non-hydrogen) atoms. The molecule has 6 nitrogen and oxygen atoms in total. The predicted octanol–water partition coefficient (Wildman–Crippen LogP) is 0.446. The fraction of sp³-hybridized carbons (Fsp3) is 0.583.